The fraction of sp³-hybridized carbons (Fsp3) is 0.312. The number of aromatic nitrogens is 5. The third kappa shape index (κ3) is 3.58. The smallest absolute Gasteiger partial charge is 0.199 e. The van der Waals surface area contributed by atoms with Gasteiger partial charge in [-0.3, -0.25) is 9.58 Å². The summed E-state index contributed by atoms with van der Waals surface area (Å²) in [5.74, 6) is 0.825. The van der Waals surface area contributed by atoms with Gasteiger partial charge in [-0.05, 0) is 43.5 Å². The highest BCUT2D eigenvalue weighted by atomic mass is 35.5. The fourth-order valence-corrected chi connectivity index (χ4v) is 2.89. The maximum Gasteiger partial charge on any atom is 0.199 e. The average Bonchev–Trinajstić information content (AvgIpc) is 3.06. The molecule has 8 heteroatoms. The predicted molar refractivity (Wildman–Crippen MR) is 97.2 cm³/mol. The predicted octanol–water partition coefficient (Wildman–Crippen LogP) is 3.09. The maximum absolute atomic E-state index is 5.96. The molecular weight excluding hydrogens is 344 g/mol. The summed E-state index contributed by atoms with van der Waals surface area (Å²) in [5.41, 5.74) is 2.14. The lowest BCUT2D eigenvalue weighted by molar-refractivity contribution is 0.244. The van der Waals surface area contributed by atoms with Gasteiger partial charge in [-0.1, -0.05) is 11.6 Å². The van der Waals surface area contributed by atoms with Crippen LogP contribution in [0.15, 0.2) is 36.7 Å². The number of hydrogen-bond acceptors (Lipinski definition) is 4. The molecule has 2 heterocycles. The zero-order chi connectivity index (χ0) is 17.3. The topological polar surface area (TPSA) is 43.8 Å². The van der Waals surface area contributed by atoms with E-state index in [0.717, 1.165) is 23.5 Å². The van der Waals surface area contributed by atoms with Gasteiger partial charge in [0, 0.05) is 43.0 Å². The Morgan fingerprint density at radius 2 is 1.92 bits per heavy atom. The second-order valence-electron chi connectivity index (χ2n) is 5.85. The van der Waals surface area contributed by atoms with Crippen molar-refractivity contribution in [2.75, 3.05) is 7.05 Å². The molecule has 0 amide bonds. The van der Waals surface area contributed by atoms with Crippen molar-refractivity contribution in [2.45, 2.75) is 13.2 Å². The van der Waals surface area contributed by atoms with E-state index in [0.29, 0.717) is 16.5 Å². The molecule has 0 aliphatic rings. The molecule has 0 unspecified atom stereocenters. The first-order valence-corrected chi connectivity index (χ1v) is 8.28. The van der Waals surface area contributed by atoms with E-state index in [4.69, 9.17) is 23.8 Å². The molecular formula is C16H19ClN6S. The average molecular weight is 363 g/mol. The maximum atomic E-state index is 5.96. The summed E-state index contributed by atoms with van der Waals surface area (Å²) in [7, 11) is 5.87. The molecule has 3 rings (SSSR count). The van der Waals surface area contributed by atoms with E-state index in [2.05, 4.69) is 15.1 Å². The molecule has 0 N–H and O–H groups in total. The zero-order valence-electron chi connectivity index (χ0n) is 13.8. The lowest BCUT2D eigenvalue weighted by atomic mass is 10.2. The van der Waals surface area contributed by atoms with Crippen molar-refractivity contribution in [3.05, 3.63) is 52.0 Å². The van der Waals surface area contributed by atoms with Gasteiger partial charge < -0.3 is 4.57 Å². The van der Waals surface area contributed by atoms with Crippen molar-refractivity contribution in [2.24, 2.45) is 14.1 Å². The van der Waals surface area contributed by atoms with Crippen LogP contribution in [0.2, 0.25) is 5.02 Å². The van der Waals surface area contributed by atoms with Crippen LogP contribution in [0.25, 0.3) is 11.4 Å². The Morgan fingerprint density at radius 3 is 2.54 bits per heavy atom. The molecule has 0 aliphatic heterocycles. The Balaban J connectivity index is 1.80. The van der Waals surface area contributed by atoms with Crippen molar-refractivity contribution in [1.29, 1.82) is 0 Å². The molecule has 0 spiro atoms. The molecule has 0 radical (unpaired) electrons. The Morgan fingerprint density at radius 1 is 1.21 bits per heavy atom. The highest BCUT2D eigenvalue weighted by Crippen LogP contribution is 2.20. The molecule has 0 bridgehead atoms. The molecule has 0 saturated carbocycles. The van der Waals surface area contributed by atoms with Crippen LogP contribution in [0.1, 0.15) is 5.56 Å². The fourth-order valence-electron chi connectivity index (χ4n) is 2.57. The zero-order valence-corrected chi connectivity index (χ0v) is 15.4. The Labute approximate surface area is 150 Å². The van der Waals surface area contributed by atoms with E-state index >= 15 is 0 Å². The van der Waals surface area contributed by atoms with Gasteiger partial charge in [0.25, 0.3) is 0 Å². The van der Waals surface area contributed by atoms with Crippen molar-refractivity contribution >= 4 is 23.8 Å². The van der Waals surface area contributed by atoms with E-state index in [1.54, 1.807) is 4.68 Å². The van der Waals surface area contributed by atoms with Crippen LogP contribution >= 0.6 is 23.8 Å². The summed E-state index contributed by atoms with van der Waals surface area (Å²) >= 11 is 11.5. The molecule has 0 fully saturated rings. The van der Waals surface area contributed by atoms with Crippen LogP contribution < -0.4 is 0 Å². The van der Waals surface area contributed by atoms with Gasteiger partial charge in [0.2, 0.25) is 0 Å². The quantitative estimate of drug-likeness (QED) is 0.654. The first-order chi connectivity index (χ1) is 11.4. The summed E-state index contributed by atoms with van der Waals surface area (Å²) in [6.45, 7) is 1.39. The van der Waals surface area contributed by atoms with Crippen LogP contribution in [0.3, 0.4) is 0 Å². The van der Waals surface area contributed by atoms with Gasteiger partial charge in [-0.2, -0.15) is 10.2 Å². The number of aryl methyl sites for hydroxylation is 1. The molecule has 0 atom stereocenters. The van der Waals surface area contributed by atoms with Crippen molar-refractivity contribution in [1.82, 2.24) is 29.0 Å². The monoisotopic (exact) mass is 362 g/mol. The molecule has 3 aromatic rings. The summed E-state index contributed by atoms with van der Waals surface area (Å²) in [5, 5.41) is 9.56. The molecule has 126 valence electrons. The Hall–Kier alpha value is -1.96. The molecule has 6 nitrogen and oxygen atoms in total. The number of nitrogens with zero attached hydrogens (tertiary/aromatic N) is 6. The third-order valence-electron chi connectivity index (χ3n) is 3.73. The third-order valence-corrected chi connectivity index (χ3v) is 4.47. The largest absolute Gasteiger partial charge is 0.303 e. The minimum Gasteiger partial charge on any atom is -0.303 e. The van der Waals surface area contributed by atoms with Gasteiger partial charge in [0.15, 0.2) is 10.6 Å². The highest BCUT2D eigenvalue weighted by Gasteiger charge is 2.12. The molecule has 2 aromatic heterocycles. The normalized spacial score (nSPS) is 11.4. The summed E-state index contributed by atoms with van der Waals surface area (Å²) in [4.78, 5) is 2.14. The van der Waals surface area contributed by atoms with Crippen LogP contribution in [0, 0.1) is 4.77 Å². The molecule has 24 heavy (non-hydrogen) atoms. The van der Waals surface area contributed by atoms with E-state index in [1.807, 2.05) is 67.1 Å². The second kappa shape index (κ2) is 6.88. The summed E-state index contributed by atoms with van der Waals surface area (Å²) < 4.78 is 6.22. The molecule has 1 aromatic carbocycles. The van der Waals surface area contributed by atoms with Gasteiger partial charge >= 0.3 is 0 Å². The van der Waals surface area contributed by atoms with Crippen molar-refractivity contribution in [3.8, 4) is 11.4 Å². The number of rotatable bonds is 5. The summed E-state index contributed by atoms with van der Waals surface area (Å²) in [6, 6.07) is 7.60. The van der Waals surface area contributed by atoms with Crippen molar-refractivity contribution < 1.29 is 0 Å². The van der Waals surface area contributed by atoms with Crippen LogP contribution in [-0.4, -0.2) is 36.1 Å². The SMILES string of the molecule is CN(Cc1cnn(C)c1)Cn1nc(-c2ccc(Cl)cc2)n(C)c1=S. The first-order valence-electron chi connectivity index (χ1n) is 7.50. The van der Waals surface area contributed by atoms with E-state index < -0.39 is 0 Å². The summed E-state index contributed by atoms with van der Waals surface area (Å²) in [6.07, 6.45) is 3.88. The number of hydrogen-bond donors (Lipinski definition) is 0. The molecule has 0 aliphatic carbocycles. The van der Waals surface area contributed by atoms with Gasteiger partial charge in [-0.25, -0.2) is 4.68 Å². The lowest BCUT2D eigenvalue weighted by Crippen LogP contribution is -2.22. The van der Waals surface area contributed by atoms with Crippen LogP contribution in [0.5, 0.6) is 0 Å². The van der Waals surface area contributed by atoms with Crippen LogP contribution in [-0.2, 0) is 27.3 Å². The number of benzene rings is 1. The highest BCUT2D eigenvalue weighted by molar-refractivity contribution is 7.71. The van der Waals surface area contributed by atoms with Crippen molar-refractivity contribution in [3.63, 3.8) is 0 Å². The Kier molecular flexibility index (Phi) is 4.84. The van der Waals surface area contributed by atoms with E-state index in [1.165, 1.54) is 0 Å². The van der Waals surface area contributed by atoms with E-state index in [9.17, 15) is 0 Å². The minimum atomic E-state index is 0.606. The van der Waals surface area contributed by atoms with Gasteiger partial charge in [0.1, 0.15) is 0 Å². The number of halogens is 1. The minimum absolute atomic E-state index is 0.606. The first kappa shape index (κ1) is 16.9. The van der Waals surface area contributed by atoms with Gasteiger partial charge in [-0.15, -0.1) is 0 Å². The molecule has 0 saturated heterocycles. The standard InChI is InChI=1S/C16H19ClN6S/c1-20(9-12-8-18-21(2)10-12)11-23-16(24)22(3)15(19-23)13-4-6-14(17)7-5-13/h4-8,10H,9,11H2,1-3H3. The van der Waals surface area contributed by atoms with Gasteiger partial charge in [0.05, 0.1) is 12.9 Å². The second-order valence-corrected chi connectivity index (χ2v) is 6.65. The lowest BCUT2D eigenvalue weighted by Gasteiger charge is -2.15. The van der Waals surface area contributed by atoms with Crippen LogP contribution in [0.4, 0.5) is 0 Å². The Bertz CT molecular complexity index is 892. The van der Waals surface area contributed by atoms with E-state index in [-0.39, 0.29) is 0 Å².